The van der Waals surface area contributed by atoms with Gasteiger partial charge in [-0.3, -0.25) is 9.89 Å². The lowest BCUT2D eigenvalue weighted by molar-refractivity contribution is 0.0527. The minimum Gasteiger partial charge on any atom is -0.444 e. The molecule has 174 valence electrons. The standard InChI is InChI=1S/C24H41N5O2/c1-6-25-22(26-14-10-15-27-23(30)31-24(3,4)5)28-21-13-16-29(19(2)17-21)18-20-11-8-7-9-12-20/h7-9,11-12,19,21H,6,10,13-18H2,1-5H3,(H,27,30)(H2,25,26,28). The number of piperidine rings is 1. The van der Waals surface area contributed by atoms with E-state index in [1.165, 1.54) is 5.56 Å². The maximum atomic E-state index is 11.7. The zero-order valence-corrected chi connectivity index (χ0v) is 19.9. The zero-order valence-electron chi connectivity index (χ0n) is 19.9. The number of carbonyl (C=O) groups is 1. The molecule has 3 N–H and O–H groups in total. The Morgan fingerprint density at radius 3 is 2.61 bits per heavy atom. The van der Waals surface area contributed by atoms with Gasteiger partial charge in [-0.1, -0.05) is 30.3 Å². The lowest BCUT2D eigenvalue weighted by atomic mass is 9.97. The second-order valence-electron chi connectivity index (χ2n) is 9.21. The molecule has 0 spiro atoms. The van der Waals surface area contributed by atoms with E-state index >= 15 is 0 Å². The summed E-state index contributed by atoms with van der Waals surface area (Å²) in [7, 11) is 0. The molecule has 1 fully saturated rings. The fraction of sp³-hybridized carbons (Fsp3) is 0.667. The van der Waals surface area contributed by atoms with E-state index in [0.717, 1.165) is 44.9 Å². The quantitative estimate of drug-likeness (QED) is 0.334. The van der Waals surface area contributed by atoms with Crippen molar-refractivity contribution in [2.45, 2.75) is 78.1 Å². The normalized spacial score (nSPS) is 20.2. The Morgan fingerprint density at radius 1 is 1.23 bits per heavy atom. The topological polar surface area (TPSA) is 78.0 Å². The van der Waals surface area contributed by atoms with Crippen molar-refractivity contribution in [1.29, 1.82) is 0 Å². The minimum atomic E-state index is -0.474. The Labute approximate surface area is 188 Å². The van der Waals surface area contributed by atoms with Gasteiger partial charge < -0.3 is 20.7 Å². The van der Waals surface area contributed by atoms with Gasteiger partial charge >= 0.3 is 6.09 Å². The van der Waals surface area contributed by atoms with Crippen LogP contribution in [0.2, 0.25) is 0 Å². The van der Waals surface area contributed by atoms with Gasteiger partial charge in [-0.25, -0.2) is 4.79 Å². The summed E-state index contributed by atoms with van der Waals surface area (Å²) >= 11 is 0. The number of benzene rings is 1. The molecule has 0 aliphatic carbocycles. The van der Waals surface area contributed by atoms with Crippen LogP contribution in [-0.2, 0) is 11.3 Å². The summed E-state index contributed by atoms with van der Waals surface area (Å²) in [5.74, 6) is 0.855. The summed E-state index contributed by atoms with van der Waals surface area (Å²) in [6, 6.07) is 11.6. The summed E-state index contributed by atoms with van der Waals surface area (Å²) in [6.07, 6.45) is 2.58. The van der Waals surface area contributed by atoms with Crippen LogP contribution < -0.4 is 16.0 Å². The van der Waals surface area contributed by atoms with E-state index in [0.29, 0.717) is 25.2 Å². The second-order valence-corrected chi connectivity index (χ2v) is 9.21. The number of guanidine groups is 1. The first-order valence-corrected chi connectivity index (χ1v) is 11.6. The molecule has 0 saturated carbocycles. The van der Waals surface area contributed by atoms with Crippen LogP contribution in [0.4, 0.5) is 4.79 Å². The number of rotatable bonds is 8. The highest BCUT2D eigenvalue weighted by molar-refractivity contribution is 5.80. The van der Waals surface area contributed by atoms with Crippen LogP contribution in [-0.4, -0.2) is 60.8 Å². The summed E-state index contributed by atoms with van der Waals surface area (Å²) in [6.45, 7) is 14.1. The van der Waals surface area contributed by atoms with Gasteiger partial charge in [-0.15, -0.1) is 0 Å². The van der Waals surface area contributed by atoms with E-state index in [1.807, 2.05) is 20.8 Å². The molecule has 1 aliphatic rings. The number of hydrogen-bond acceptors (Lipinski definition) is 4. The van der Waals surface area contributed by atoms with Gasteiger partial charge in [0.25, 0.3) is 0 Å². The molecule has 0 radical (unpaired) electrons. The molecular weight excluding hydrogens is 390 g/mol. The van der Waals surface area contributed by atoms with Crippen LogP contribution >= 0.6 is 0 Å². The van der Waals surface area contributed by atoms with Gasteiger partial charge in [-0.05, 0) is 59.4 Å². The number of aliphatic imine (C=N–C) groups is 1. The molecule has 0 aromatic heterocycles. The lowest BCUT2D eigenvalue weighted by Gasteiger charge is -2.38. The monoisotopic (exact) mass is 431 g/mol. The highest BCUT2D eigenvalue weighted by atomic mass is 16.6. The number of nitrogens with zero attached hydrogens (tertiary/aromatic N) is 2. The molecule has 1 aliphatic heterocycles. The first kappa shape index (κ1) is 25.0. The highest BCUT2D eigenvalue weighted by Crippen LogP contribution is 2.20. The molecule has 0 bridgehead atoms. The summed E-state index contributed by atoms with van der Waals surface area (Å²) in [5, 5.41) is 9.72. The van der Waals surface area contributed by atoms with Crippen molar-refractivity contribution in [2.75, 3.05) is 26.2 Å². The third-order valence-corrected chi connectivity index (χ3v) is 5.20. The van der Waals surface area contributed by atoms with Crippen molar-refractivity contribution >= 4 is 12.1 Å². The SMILES string of the molecule is CCNC(=NCCCNC(=O)OC(C)(C)C)NC1CCN(Cc2ccccc2)C(C)C1. The number of hydrogen-bond donors (Lipinski definition) is 3. The molecule has 7 nitrogen and oxygen atoms in total. The minimum absolute atomic E-state index is 0.377. The number of alkyl carbamates (subject to hydrolysis) is 1. The van der Waals surface area contributed by atoms with Gasteiger partial charge in [0.1, 0.15) is 5.60 Å². The molecule has 2 unspecified atom stereocenters. The van der Waals surface area contributed by atoms with E-state index in [4.69, 9.17) is 4.74 Å². The van der Waals surface area contributed by atoms with Crippen LogP contribution in [0.1, 0.15) is 59.4 Å². The van der Waals surface area contributed by atoms with E-state index < -0.39 is 5.60 Å². The van der Waals surface area contributed by atoms with Gasteiger partial charge in [-0.2, -0.15) is 0 Å². The van der Waals surface area contributed by atoms with Gasteiger partial charge in [0, 0.05) is 44.8 Å². The average molecular weight is 432 g/mol. The molecule has 1 amide bonds. The Kier molecular flexibility index (Phi) is 10.1. The van der Waals surface area contributed by atoms with Crippen LogP contribution in [0.3, 0.4) is 0 Å². The van der Waals surface area contributed by atoms with Gasteiger partial charge in [0.05, 0.1) is 0 Å². The van der Waals surface area contributed by atoms with Crippen molar-refractivity contribution in [3.05, 3.63) is 35.9 Å². The molecule has 2 atom stereocenters. The molecule has 1 aromatic rings. The van der Waals surface area contributed by atoms with Crippen molar-refractivity contribution in [3.8, 4) is 0 Å². The fourth-order valence-corrected chi connectivity index (χ4v) is 3.69. The molecular formula is C24H41N5O2. The summed E-state index contributed by atoms with van der Waals surface area (Å²) < 4.78 is 5.25. The van der Waals surface area contributed by atoms with Crippen molar-refractivity contribution in [1.82, 2.24) is 20.9 Å². The van der Waals surface area contributed by atoms with Crippen molar-refractivity contribution in [2.24, 2.45) is 4.99 Å². The Morgan fingerprint density at radius 2 is 1.97 bits per heavy atom. The van der Waals surface area contributed by atoms with Crippen molar-refractivity contribution < 1.29 is 9.53 Å². The fourth-order valence-electron chi connectivity index (χ4n) is 3.69. The predicted molar refractivity (Wildman–Crippen MR) is 127 cm³/mol. The number of ether oxygens (including phenoxy) is 1. The van der Waals surface area contributed by atoms with Crippen LogP contribution in [0.5, 0.6) is 0 Å². The van der Waals surface area contributed by atoms with Crippen LogP contribution in [0.25, 0.3) is 0 Å². The van der Waals surface area contributed by atoms with Crippen LogP contribution in [0.15, 0.2) is 35.3 Å². The van der Waals surface area contributed by atoms with Crippen molar-refractivity contribution in [3.63, 3.8) is 0 Å². The lowest BCUT2D eigenvalue weighted by Crippen LogP contribution is -2.51. The average Bonchev–Trinajstić information content (AvgIpc) is 2.69. The number of likely N-dealkylation sites (tertiary alicyclic amines) is 1. The van der Waals surface area contributed by atoms with E-state index in [2.05, 4.69) is 70.0 Å². The van der Waals surface area contributed by atoms with E-state index in [-0.39, 0.29) is 6.09 Å². The van der Waals surface area contributed by atoms with Crippen LogP contribution in [0, 0.1) is 0 Å². The number of carbonyl (C=O) groups excluding carboxylic acids is 1. The smallest absolute Gasteiger partial charge is 0.407 e. The summed E-state index contributed by atoms with van der Waals surface area (Å²) in [5.41, 5.74) is 0.897. The summed E-state index contributed by atoms with van der Waals surface area (Å²) in [4.78, 5) is 18.9. The molecule has 1 saturated heterocycles. The predicted octanol–water partition coefficient (Wildman–Crippen LogP) is 3.51. The Bertz CT molecular complexity index is 687. The molecule has 7 heteroatoms. The zero-order chi connectivity index (χ0) is 22.7. The Hall–Kier alpha value is -2.28. The first-order valence-electron chi connectivity index (χ1n) is 11.6. The van der Waals surface area contributed by atoms with E-state index in [9.17, 15) is 4.79 Å². The third-order valence-electron chi connectivity index (χ3n) is 5.20. The van der Waals surface area contributed by atoms with Gasteiger partial charge in [0.2, 0.25) is 0 Å². The maximum Gasteiger partial charge on any atom is 0.407 e. The van der Waals surface area contributed by atoms with E-state index in [1.54, 1.807) is 0 Å². The molecule has 2 rings (SSSR count). The molecule has 1 aromatic carbocycles. The number of amides is 1. The molecule has 1 heterocycles. The molecule has 31 heavy (non-hydrogen) atoms. The number of nitrogens with one attached hydrogen (secondary N) is 3. The maximum absolute atomic E-state index is 11.7. The highest BCUT2D eigenvalue weighted by Gasteiger charge is 2.26. The van der Waals surface area contributed by atoms with Gasteiger partial charge in [0.15, 0.2) is 5.96 Å². The largest absolute Gasteiger partial charge is 0.444 e. The Balaban J connectivity index is 1.73. The second kappa shape index (κ2) is 12.5. The first-order chi connectivity index (χ1) is 14.8. The third kappa shape index (κ3) is 10.0.